The van der Waals surface area contributed by atoms with Gasteiger partial charge in [0, 0.05) is 6.61 Å². The van der Waals surface area contributed by atoms with Crippen molar-refractivity contribution in [1.29, 1.82) is 0 Å². The number of hydrogen-bond donors (Lipinski definition) is 2. The summed E-state index contributed by atoms with van der Waals surface area (Å²) in [5, 5.41) is 20.2. The largest absolute Gasteiger partial charge is 0.497 e. The zero-order valence-electron chi connectivity index (χ0n) is 14.9. The molecule has 0 amide bonds. The van der Waals surface area contributed by atoms with E-state index in [0.29, 0.717) is 23.7 Å². The lowest BCUT2D eigenvalue weighted by molar-refractivity contribution is -0.0411. The highest BCUT2D eigenvalue weighted by Gasteiger charge is 2.56. The van der Waals surface area contributed by atoms with E-state index in [2.05, 4.69) is 25.1 Å². The third-order valence-electron chi connectivity index (χ3n) is 7.56. The van der Waals surface area contributed by atoms with Crippen molar-refractivity contribution in [2.45, 2.75) is 57.5 Å². The Bertz CT molecular complexity index is 613. The molecule has 24 heavy (non-hydrogen) atoms. The molecule has 0 aromatic heterocycles. The zero-order valence-corrected chi connectivity index (χ0v) is 14.9. The number of rotatable bonds is 3. The fraction of sp³-hybridized carbons (Fsp3) is 0.714. The molecular formula is C21H30O3. The minimum absolute atomic E-state index is 0.0822. The van der Waals surface area contributed by atoms with E-state index >= 15 is 0 Å². The molecule has 0 aliphatic heterocycles. The summed E-state index contributed by atoms with van der Waals surface area (Å²) in [7, 11) is 1.73. The lowest BCUT2D eigenvalue weighted by Gasteiger charge is -2.53. The molecule has 2 saturated carbocycles. The molecule has 3 heteroatoms. The van der Waals surface area contributed by atoms with Crippen LogP contribution >= 0.6 is 0 Å². The average molecular weight is 330 g/mol. The molecule has 3 aliphatic rings. The Kier molecular flexibility index (Phi) is 4.12. The predicted molar refractivity (Wildman–Crippen MR) is 94.2 cm³/mol. The van der Waals surface area contributed by atoms with Gasteiger partial charge in [-0.25, -0.2) is 0 Å². The quantitative estimate of drug-likeness (QED) is 0.891. The average Bonchev–Trinajstić information content (AvgIpc) is 2.89. The van der Waals surface area contributed by atoms with Gasteiger partial charge in [-0.15, -0.1) is 0 Å². The Balaban J connectivity index is 1.74. The highest BCUT2D eigenvalue weighted by atomic mass is 16.5. The molecule has 0 spiro atoms. The summed E-state index contributed by atoms with van der Waals surface area (Å²) < 4.78 is 5.43. The van der Waals surface area contributed by atoms with E-state index in [1.165, 1.54) is 11.1 Å². The molecule has 0 bridgehead atoms. The van der Waals surface area contributed by atoms with Gasteiger partial charge in [-0.2, -0.15) is 0 Å². The summed E-state index contributed by atoms with van der Waals surface area (Å²) >= 11 is 0. The number of ether oxygens (including phenoxy) is 1. The molecule has 1 aromatic carbocycles. The molecule has 1 aromatic rings. The maximum atomic E-state index is 10.6. The second-order valence-corrected chi connectivity index (χ2v) is 8.47. The molecule has 0 heterocycles. The zero-order chi connectivity index (χ0) is 16.9. The van der Waals surface area contributed by atoms with Crippen molar-refractivity contribution in [3.05, 3.63) is 29.3 Å². The normalized spacial score (nSPS) is 40.6. The van der Waals surface area contributed by atoms with Crippen LogP contribution < -0.4 is 4.74 Å². The Morgan fingerprint density at radius 3 is 2.83 bits per heavy atom. The van der Waals surface area contributed by atoms with Gasteiger partial charge in [0.1, 0.15) is 5.75 Å². The summed E-state index contributed by atoms with van der Waals surface area (Å²) in [4.78, 5) is 0. The SMILES string of the molecule is COc1ccc2c(c1)CC(CCO)C1C2CCC2(C)C(O)CCC12. The van der Waals surface area contributed by atoms with Crippen molar-refractivity contribution in [1.82, 2.24) is 0 Å². The van der Waals surface area contributed by atoms with E-state index in [4.69, 9.17) is 4.74 Å². The van der Waals surface area contributed by atoms with E-state index in [9.17, 15) is 10.2 Å². The molecule has 3 nitrogen and oxygen atoms in total. The molecule has 6 atom stereocenters. The van der Waals surface area contributed by atoms with E-state index in [1.54, 1.807) is 7.11 Å². The van der Waals surface area contributed by atoms with Crippen LogP contribution in [0.3, 0.4) is 0 Å². The summed E-state index contributed by atoms with van der Waals surface area (Å²) in [5.74, 6) is 3.24. The van der Waals surface area contributed by atoms with Crippen molar-refractivity contribution < 1.29 is 14.9 Å². The number of hydrogen-bond acceptors (Lipinski definition) is 3. The third kappa shape index (κ3) is 2.32. The number of aliphatic hydroxyl groups is 2. The second-order valence-electron chi connectivity index (χ2n) is 8.47. The van der Waals surface area contributed by atoms with Crippen LogP contribution in [0.25, 0.3) is 0 Å². The first kappa shape index (κ1) is 16.4. The van der Waals surface area contributed by atoms with Crippen LogP contribution in [0.4, 0.5) is 0 Å². The van der Waals surface area contributed by atoms with Crippen molar-refractivity contribution >= 4 is 0 Å². The molecule has 132 valence electrons. The van der Waals surface area contributed by atoms with Gasteiger partial charge >= 0.3 is 0 Å². The fourth-order valence-corrected chi connectivity index (χ4v) is 6.31. The van der Waals surface area contributed by atoms with Crippen LogP contribution in [0, 0.1) is 23.2 Å². The van der Waals surface area contributed by atoms with Gasteiger partial charge in [0.15, 0.2) is 0 Å². The van der Waals surface area contributed by atoms with Gasteiger partial charge in [0.2, 0.25) is 0 Å². The molecule has 2 N–H and O–H groups in total. The maximum absolute atomic E-state index is 10.6. The summed E-state index contributed by atoms with van der Waals surface area (Å²) in [5.41, 5.74) is 2.99. The van der Waals surface area contributed by atoms with E-state index in [-0.39, 0.29) is 18.1 Å². The lowest BCUT2D eigenvalue weighted by Crippen LogP contribution is -2.47. The number of aliphatic hydroxyl groups excluding tert-OH is 2. The number of fused-ring (bicyclic) bond motifs is 5. The maximum Gasteiger partial charge on any atom is 0.119 e. The number of benzene rings is 1. The van der Waals surface area contributed by atoms with Gasteiger partial charge in [-0.05, 0) is 90.9 Å². The van der Waals surface area contributed by atoms with Gasteiger partial charge in [-0.1, -0.05) is 13.0 Å². The van der Waals surface area contributed by atoms with Gasteiger partial charge in [0.25, 0.3) is 0 Å². The van der Waals surface area contributed by atoms with Crippen LogP contribution in [0.2, 0.25) is 0 Å². The molecular weight excluding hydrogens is 300 g/mol. The van der Waals surface area contributed by atoms with Crippen LogP contribution in [-0.2, 0) is 6.42 Å². The molecule has 4 rings (SSSR count). The van der Waals surface area contributed by atoms with Crippen molar-refractivity contribution in [2.75, 3.05) is 13.7 Å². The highest BCUT2D eigenvalue weighted by Crippen LogP contribution is 2.62. The molecule has 3 aliphatic carbocycles. The van der Waals surface area contributed by atoms with Gasteiger partial charge < -0.3 is 14.9 Å². The minimum atomic E-state index is -0.143. The first-order chi connectivity index (χ1) is 11.6. The van der Waals surface area contributed by atoms with Crippen LogP contribution in [0.5, 0.6) is 5.75 Å². The summed E-state index contributed by atoms with van der Waals surface area (Å²) in [6, 6.07) is 6.57. The third-order valence-corrected chi connectivity index (χ3v) is 7.56. The first-order valence-corrected chi connectivity index (χ1v) is 9.54. The Morgan fingerprint density at radius 2 is 2.08 bits per heavy atom. The monoisotopic (exact) mass is 330 g/mol. The van der Waals surface area contributed by atoms with Crippen LogP contribution in [0.15, 0.2) is 18.2 Å². The molecule has 0 saturated heterocycles. The standard InChI is InChI=1S/C21H30O3/c1-21-9-7-17-16-4-3-15(24-2)12-14(16)11-13(8-10-22)20(17)18(21)5-6-19(21)23/h3-4,12-13,17-20,22-23H,5-11H2,1-2H3. The van der Waals surface area contributed by atoms with Crippen molar-refractivity contribution in [2.24, 2.45) is 23.2 Å². The summed E-state index contributed by atoms with van der Waals surface area (Å²) in [6.07, 6.45) is 6.15. The van der Waals surface area contributed by atoms with Crippen molar-refractivity contribution in [3.8, 4) is 5.75 Å². The van der Waals surface area contributed by atoms with E-state index in [1.807, 2.05) is 0 Å². The van der Waals surface area contributed by atoms with Gasteiger partial charge in [-0.3, -0.25) is 0 Å². The number of methoxy groups -OCH3 is 1. The Hall–Kier alpha value is -1.06. The highest BCUT2D eigenvalue weighted by molar-refractivity contribution is 5.41. The first-order valence-electron chi connectivity index (χ1n) is 9.54. The molecule has 2 fully saturated rings. The van der Waals surface area contributed by atoms with E-state index in [0.717, 1.165) is 44.3 Å². The molecule has 6 unspecified atom stereocenters. The van der Waals surface area contributed by atoms with E-state index < -0.39 is 0 Å². The summed E-state index contributed by atoms with van der Waals surface area (Å²) in [6.45, 7) is 2.57. The Morgan fingerprint density at radius 1 is 1.25 bits per heavy atom. The lowest BCUT2D eigenvalue weighted by atomic mass is 9.52. The predicted octanol–water partition coefficient (Wildman–Crippen LogP) is 3.52. The second kappa shape index (κ2) is 6.03. The minimum Gasteiger partial charge on any atom is -0.497 e. The van der Waals surface area contributed by atoms with Crippen LogP contribution in [-0.4, -0.2) is 30.0 Å². The Labute approximate surface area is 145 Å². The smallest absolute Gasteiger partial charge is 0.119 e. The van der Waals surface area contributed by atoms with Crippen LogP contribution in [0.1, 0.15) is 56.1 Å². The molecule has 0 radical (unpaired) electrons. The fourth-order valence-electron chi connectivity index (χ4n) is 6.31. The van der Waals surface area contributed by atoms with Crippen molar-refractivity contribution in [3.63, 3.8) is 0 Å². The van der Waals surface area contributed by atoms with Gasteiger partial charge in [0.05, 0.1) is 13.2 Å². The topological polar surface area (TPSA) is 49.7 Å².